The fourth-order valence-corrected chi connectivity index (χ4v) is 3.30. The number of carboxylic acid groups (broad SMARTS) is 1. The lowest BCUT2D eigenvalue weighted by Gasteiger charge is -2.45. The van der Waals surface area contributed by atoms with Crippen molar-refractivity contribution in [2.45, 2.75) is 36.1 Å². The first kappa shape index (κ1) is 13.9. The summed E-state index contributed by atoms with van der Waals surface area (Å²) in [5, 5.41) is 15.0. The Balaban J connectivity index is 1.82. The molecule has 0 aromatic heterocycles. The molecule has 2 atom stereocenters. The molecule has 2 N–H and O–H groups in total. The molecule has 3 rings (SSSR count). The van der Waals surface area contributed by atoms with Gasteiger partial charge in [-0.05, 0) is 18.9 Å². The van der Waals surface area contributed by atoms with Gasteiger partial charge in [0.2, 0.25) is 10.8 Å². The highest BCUT2D eigenvalue weighted by Crippen LogP contribution is 2.41. The van der Waals surface area contributed by atoms with Crippen LogP contribution < -0.4 is 5.32 Å². The van der Waals surface area contributed by atoms with Crippen molar-refractivity contribution in [2.24, 2.45) is 5.16 Å². The molecule has 0 aromatic carbocycles. The smallest absolute Gasteiger partial charge is 0.344 e. The quantitative estimate of drug-likeness (QED) is 0.553. The average molecular weight is 311 g/mol. The Hall–Kier alpha value is -2.03. The minimum Gasteiger partial charge on any atom is -0.479 e. The maximum atomic E-state index is 11.8. The first-order valence-electron chi connectivity index (χ1n) is 6.38. The number of carboxylic acids is 1. The number of oxime groups is 1. The Kier molecular flexibility index (Phi) is 3.16. The Morgan fingerprint density at radius 1 is 1.57 bits per heavy atom. The first-order chi connectivity index (χ1) is 9.93. The fourth-order valence-electron chi connectivity index (χ4n) is 1.97. The second-order valence-corrected chi connectivity index (χ2v) is 6.33. The van der Waals surface area contributed by atoms with Crippen molar-refractivity contribution < 1.29 is 24.3 Å². The van der Waals surface area contributed by atoms with Crippen molar-refractivity contribution in [2.75, 3.05) is 0 Å². The zero-order chi connectivity index (χ0) is 15.2. The molecule has 112 valence electrons. The second kappa shape index (κ2) is 4.76. The topological polar surface area (TPSA) is 108 Å². The highest BCUT2D eigenvalue weighted by Gasteiger charge is 2.54. The highest BCUT2D eigenvalue weighted by molar-refractivity contribution is 8.03. The number of fused-ring (bicyclic) bond motifs is 1. The van der Waals surface area contributed by atoms with Crippen LogP contribution in [-0.4, -0.2) is 49.9 Å². The largest absolute Gasteiger partial charge is 0.479 e. The molecule has 0 spiro atoms. The Labute approximate surface area is 124 Å². The van der Waals surface area contributed by atoms with Crippen molar-refractivity contribution in [1.82, 2.24) is 10.2 Å². The van der Waals surface area contributed by atoms with E-state index in [9.17, 15) is 19.5 Å². The number of hydrogen-bond donors (Lipinski definition) is 2. The average Bonchev–Trinajstić information content (AvgIpc) is 3.21. The molecule has 0 bridgehead atoms. The molecule has 8 nitrogen and oxygen atoms in total. The molecular weight excluding hydrogens is 298 g/mol. The molecule has 0 aromatic rings. The summed E-state index contributed by atoms with van der Waals surface area (Å²) in [6.07, 6.45) is 4.54. The monoisotopic (exact) mass is 311 g/mol. The Morgan fingerprint density at radius 3 is 2.86 bits per heavy atom. The second-order valence-electron chi connectivity index (χ2n) is 5.00. The standard InChI is InChI=1S/C12H13N3O5S/c1-6(16)13-12(11(18)19)4-5-15-9(17)8(10(15)21-12)14-20-7-2-3-7/h4-5,7,10H,2-3H2,1H3,(H,13,16)(H,18,19)/t10-,12?/m1/s1. The predicted molar refractivity (Wildman–Crippen MR) is 73.1 cm³/mol. The summed E-state index contributed by atoms with van der Waals surface area (Å²) >= 11 is 0.925. The van der Waals surface area contributed by atoms with Gasteiger partial charge in [-0.25, -0.2) is 4.79 Å². The van der Waals surface area contributed by atoms with Gasteiger partial charge in [-0.3, -0.25) is 14.5 Å². The van der Waals surface area contributed by atoms with Crippen molar-refractivity contribution >= 4 is 35.3 Å². The lowest BCUT2D eigenvalue weighted by atomic mass is 10.1. The molecule has 2 aliphatic heterocycles. The van der Waals surface area contributed by atoms with Crippen LogP contribution in [0.15, 0.2) is 17.4 Å². The van der Waals surface area contributed by atoms with E-state index in [1.807, 2.05) is 0 Å². The lowest BCUT2D eigenvalue weighted by molar-refractivity contribution is -0.141. The van der Waals surface area contributed by atoms with Gasteiger partial charge in [0.05, 0.1) is 0 Å². The van der Waals surface area contributed by atoms with E-state index < -0.39 is 22.1 Å². The summed E-state index contributed by atoms with van der Waals surface area (Å²) in [7, 11) is 0. The van der Waals surface area contributed by atoms with Crippen LogP contribution in [0.25, 0.3) is 0 Å². The van der Waals surface area contributed by atoms with Crippen LogP contribution in [0.4, 0.5) is 0 Å². The number of aliphatic carboxylic acids is 1. The molecular formula is C12H13N3O5S. The minimum absolute atomic E-state index is 0.0584. The van der Waals surface area contributed by atoms with E-state index in [0.29, 0.717) is 0 Å². The number of carbonyl (C=O) groups is 3. The molecule has 2 heterocycles. The first-order valence-corrected chi connectivity index (χ1v) is 7.26. The molecule has 2 amide bonds. The van der Waals surface area contributed by atoms with Gasteiger partial charge in [0.15, 0.2) is 5.71 Å². The Morgan fingerprint density at radius 2 is 2.29 bits per heavy atom. The van der Waals surface area contributed by atoms with Gasteiger partial charge >= 0.3 is 5.97 Å². The number of thioether (sulfide) groups is 1. The van der Waals surface area contributed by atoms with Crippen LogP contribution in [0.2, 0.25) is 0 Å². The normalized spacial score (nSPS) is 32.4. The van der Waals surface area contributed by atoms with Crippen LogP contribution in [-0.2, 0) is 19.2 Å². The van der Waals surface area contributed by atoms with E-state index in [1.165, 1.54) is 24.1 Å². The van der Waals surface area contributed by atoms with E-state index in [1.54, 1.807) is 0 Å². The summed E-state index contributed by atoms with van der Waals surface area (Å²) < 4.78 is 0. The predicted octanol–water partition coefficient (Wildman–Crippen LogP) is -0.133. The van der Waals surface area contributed by atoms with Gasteiger partial charge in [-0.1, -0.05) is 16.9 Å². The number of amides is 2. The van der Waals surface area contributed by atoms with Crippen LogP contribution >= 0.6 is 11.8 Å². The van der Waals surface area contributed by atoms with E-state index in [2.05, 4.69) is 10.5 Å². The van der Waals surface area contributed by atoms with Gasteiger partial charge in [-0.2, -0.15) is 0 Å². The molecule has 1 saturated carbocycles. The zero-order valence-electron chi connectivity index (χ0n) is 11.1. The van der Waals surface area contributed by atoms with Crippen LogP contribution in [0, 0.1) is 0 Å². The van der Waals surface area contributed by atoms with Crippen molar-refractivity contribution in [3.63, 3.8) is 0 Å². The molecule has 3 aliphatic rings. The van der Waals surface area contributed by atoms with E-state index in [0.717, 1.165) is 24.6 Å². The SMILES string of the molecule is CC(=O)NC1(C(=O)O)C=CN2C(=O)C(=NOC3CC3)[C@H]2S1. The third kappa shape index (κ3) is 2.37. The molecule has 2 fully saturated rings. The summed E-state index contributed by atoms with van der Waals surface area (Å²) in [4.78, 5) is 39.5. The number of hydrogen-bond acceptors (Lipinski definition) is 6. The van der Waals surface area contributed by atoms with E-state index >= 15 is 0 Å². The third-order valence-electron chi connectivity index (χ3n) is 3.21. The lowest BCUT2D eigenvalue weighted by Crippen LogP contribution is -2.64. The molecule has 0 radical (unpaired) electrons. The van der Waals surface area contributed by atoms with Crippen LogP contribution in [0.5, 0.6) is 0 Å². The summed E-state index contributed by atoms with van der Waals surface area (Å²) in [5.74, 6) is -1.99. The Bertz CT molecular complexity index is 585. The van der Waals surface area contributed by atoms with Gasteiger partial charge in [0.1, 0.15) is 11.5 Å². The summed E-state index contributed by atoms with van der Waals surface area (Å²) in [6.45, 7) is 1.24. The van der Waals surface area contributed by atoms with Gasteiger partial charge < -0.3 is 15.3 Å². The maximum Gasteiger partial charge on any atom is 0.344 e. The number of nitrogens with zero attached hydrogens (tertiary/aromatic N) is 2. The van der Waals surface area contributed by atoms with Crippen molar-refractivity contribution in [1.29, 1.82) is 0 Å². The molecule has 1 unspecified atom stereocenters. The van der Waals surface area contributed by atoms with Crippen molar-refractivity contribution in [3.8, 4) is 0 Å². The molecule has 1 saturated heterocycles. The number of nitrogens with one attached hydrogen (secondary N) is 1. The fraction of sp³-hybridized carbons (Fsp3) is 0.500. The van der Waals surface area contributed by atoms with E-state index in [-0.39, 0.29) is 17.7 Å². The highest BCUT2D eigenvalue weighted by atomic mass is 32.2. The summed E-state index contributed by atoms with van der Waals surface area (Å²) in [6, 6.07) is 0. The number of carbonyl (C=O) groups excluding carboxylic acids is 2. The molecule has 1 aliphatic carbocycles. The van der Waals surface area contributed by atoms with Crippen LogP contribution in [0.1, 0.15) is 19.8 Å². The van der Waals surface area contributed by atoms with E-state index in [4.69, 9.17) is 4.84 Å². The van der Waals surface area contributed by atoms with Gasteiger partial charge in [0.25, 0.3) is 5.91 Å². The maximum absolute atomic E-state index is 11.8. The van der Waals surface area contributed by atoms with Crippen molar-refractivity contribution in [3.05, 3.63) is 12.3 Å². The van der Waals surface area contributed by atoms with Crippen LogP contribution in [0.3, 0.4) is 0 Å². The number of rotatable bonds is 4. The summed E-state index contributed by atoms with van der Waals surface area (Å²) in [5.41, 5.74) is 0.173. The van der Waals surface area contributed by atoms with Gasteiger partial charge in [-0.15, -0.1) is 0 Å². The third-order valence-corrected chi connectivity index (χ3v) is 4.67. The zero-order valence-corrected chi connectivity index (χ0v) is 11.9. The minimum atomic E-state index is -1.60. The van der Waals surface area contributed by atoms with Gasteiger partial charge in [0, 0.05) is 13.1 Å². The molecule has 21 heavy (non-hydrogen) atoms. The number of β-lactam (4-membered cyclic amide) rings is 1. The molecule has 9 heteroatoms.